The number of likely N-dealkylation sites (tertiary alicyclic amines) is 2. The van der Waals surface area contributed by atoms with Crippen molar-refractivity contribution < 1.29 is 14.5 Å². The fourth-order valence-electron chi connectivity index (χ4n) is 3.55. The van der Waals surface area contributed by atoms with Gasteiger partial charge in [-0.25, -0.2) is 0 Å². The van der Waals surface area contributed by atoms with Crippen LogP contribution in [-0.4, -0.2) is 58.8 Å². The summed E-state index contributed by atoms with van der Waals surface area (Å²) < 4.78 is 0. The normalized spacial score (nSPS) is 20.7. The van der Waals surface area contributed by atoms with Crippen molar-refractivity contribution in [2.75, 3.05) is 26.2 Å². The molecule has 3 heterocycles. The first-order valence-corrected chi connectivity index (χ1v) is 9.37. The summed E-state index contributed by atoms with van der Waals surface area (Å²) in [7, 11) is 0. The second-order valence-electron chi connectivity index (χ2n) is 6.56. The smallest absolute Gasteiger partial charge is 0.324 e. The van der Waals surface area contributed by atoms with Crippen LogP contribution < -0.4 is 5.73 Å². The lowest BCUT2D eigenvalue weighted by atomic mass is 9.96. The Morgan fingerprint density at radius 3 is 2.50 bits per heavy atom. The summed E-state index contributed by atoms with van der Waals surface area (Å²) in [5.74, 6) is 0.176. The van der Waals surface area contributed by atoms with Crippen LogP contribution in [-0.2, 0) is 4.79 Å². The number of hydrogen-bond donors (Lipinski definition) is 1. The largest absolute Gasteiger partial charge is 0.341 e. The quantitative estimate of drug-likeness (QED) is 0.610. The van der Waals surface area contributed by atoms with Gasteiger partial charge in [-0.1, -0.05) is 11.3 Å². The Bertz CT molecular complexity index is 675. The first-order chi connectivity index (χ1) is 12.0. The number of nitro groups is 1. The molecule has 2 aliphatic rings. The molecule has 2 aliphatic heterocycles. The Labute approximate surface area is 161 Å². The van der Waals surface area contributed by atoms with E-state index in [1.807, 2.05) is 4.90 Å². The van der Waals surface area contributed by atoms with Crippen molar-refractivity contribution in [2.24, 2.45) is 11.7 Å². The Morgan fingerprint density at radius 1 is 1.23 bits per heavy atom. The van der Waals surface area contributed by atoms with Gasteiger partial charge in [0.15, 0.2) is 0 Å². The Kier molecular flexibility index (Phi) is 6.96. The molecule has 26 heavy (non-hydrogen) atoms. The second kappa shape index (κ2) is 8.79. The molecule has 3 rings (SSSR count). The van der Waals surface area contributed by atoms with Crippen molar-refractivity contribution in [3.63, 3.8) is 0 Å². The molecule has 2 amide bonds. The molecule has 0 bridgehead atoms. The van der Waals surface area contributed by atoms with E-state index in [0.29, 0.717) is 43.4 Å². The van der Waals surface area contributed by atoms with Crippen LogP contribution in [0.25, 0.3) is 0 Å². The van der Waals surface area contributed by atoms with E-state index >= 15 is 0 Å². The maximum Gasteiger partial charge on any atom is 0.324 e. The van der Waals surface area contributed by atoms with Crippen molar-refractivity contribution in [1.82, 2.24) is 9.80 Å². The van der Waals surface area contributed by atoms with Crippen LogP contribution in [0.1, 0.15) is 35.4 Å². The zero-order valence-corrected chi connectivity index (χ0v) is 16.0. The van der Waals surface area contributed by atoms with Gasteiger partial charge in [-0.3, -0.25) is 19.7 Å². The Balaban J connectivity index is 0.00000243. The number of rotatable bonds is 4. The summed E-state index contributed by atoms with van der Waals surface area (Å²) in [5, 5.41) is 10.7. The van der Waals surface area contributed by atoms with Crippen molar-refractivity contribution in [1.29, 1.82) is 0 Å². The maximum atomic E-state index is 12.9. The third kappa shape index (κ3) is 4.16. The summed E-state index contributed by atoms with van der Waals surface area (Å²) >= 11 is 0.859. The molecule has 2 N–H and O–H groups in total. The molecule has 1 atom stereocenters. The molecule has 1 aromatic rings. The van der Waals surface area contributed by atoms with Crippen molar-refractivity contribution in [3.8, 4) is 0 Å². The lowest BCUT2D eigenvalue weighted by Crippen LogP contribution is -2.50. The highest BCUT2D eigenvalue weighted by Crippen LogP contribution is 2.29. The molecule has 0 aliphatic carbocycles. The minimum atomic E-state index is -0.504. The third-order valence-electron chi connectivity index (χ3n) is 5.04. The number of nitrogens with two attached hydrogens (primary N) is 1. The van der Waals surface area contributed by atoms with Gasteiger partial charge in [-0.05, 0) is 44.2 Å². The molecule has 2 fully saturated rings. The molecule has 1 aromatic heterocycles. The summed E-state index contributed by atoms with van der Waals surface area (Å²) in [5.41, 5.74) is 5.69. The molecule has 1 unspecified atom stereocenters. The van der Waals surface area contributed by atoms with E-state index in [9.17, 15) is 19.7 Å². The molecule has 2 saturated heterocycles. The lowest BCUT2D eigenvalue weighted by Gasteiger charge is -2.35. The van der Waals surface area contributed by atoms with E-state index in [1.165, 1.54) is 12.1 Å². The number of piperidine rings is 1. The van der Waals surface area contributed by atoms with E-state index in [4.69, 9.17) is 5.73 Å². The zero-order valence-electron chi connectivity index (χ0n) is 14.3. The van der Waals surface area contributed by atoms with Gasteiger partial charge < -0.3 is 15.5 Å². The fraction of sp³-hybridized carbons (Fsp3) is 0.625. The van der Waals surface area contributed by atoms with Gasteiger partial charge in [0, 0.05) is 25.7 Å². The zero-order chi connectivity index (χ0) is 18.0. The summed E-state index contributed by atoms with van der Waals surface area (Å²) in [6, 6.07) is 2.35. The van der Waals surface area contributed by atoms with Gasteiger partial charge in [0.2, 0.25) is 5.91 Å². The van der Waals surface area contributed by atoms with Gasteiger partial charge in [0.05, 0.1) is 9.80 Å². The van der Waals surface area contributed by atoms with Gasteiger partial charge in [-0.2, -0.15) is 0 Å². The Morgan fingerprint density at radius 2 is 1.92 bits per heavy atom. The van der Waals surface area contributed by atoms with E-state index in [2.05, 4.69) is 0 Å². The van der Waals surface area contributed by atoms with Crippen LogP contribution in [0.2, 0.25) is 0 Å². The average Bonchev–Trinajstić information content (AvgIpc) is 3.30. The molecular weight excluding hydrogens is 380 g/mol. The van der Waals surface area contributed by atoms with Crippen molar-refractivity contribution in [2.45, 2.75) is 31.7 Å². The number of carbonyl (C=O) groups is 2. The number of thiophene rings is 1. The van der Waals surface area contributed by atoms with Crippen LogP contribution in [0.5, 0.6) is 0 Å². The minimum Gasteiger partial charge on any atom is -0.341 e. The fourth-order valence-corrected chi connectivity index (χ4v) is 4.33. The van der Waals surface area contributed by atoms with E-state index < -0.39 is 11.0 Å². The third-order valence-corrected chi connectivity index (χ3v) is 6.07. The molecule has 0 radical (unpaired) electrons. The number of amides is 2. The van der Waals surface area contributed by atoms with Gasteiger partial charge >= 0.3 is 5.00 Å². The molecule has 10 heteroatoms. The van der Waals surface area contributed by atoms with Gasteiger partial charge in [0.25, 0.3) is 5.91 Å². The van der Waals surface area contributed by atoms with Crippen LogP contribution in [0.4, 0.5) is 5.00 Å². The predicted octanol–water partition coefficient (Wildman–Crippen LogP) is 1.88. The minimum absolute atomic E-state index is 0. The number of carbonyl (C=O) groups excluding carboxylic acids is 2. The van der Waals surface area contributed by atoms with E-state index in [-0.39, 0.29) is 29.2 Å². The highest BCUT2D eigenvalue weighted by atomic mass is 35.5. The van der Waals surface area contributed by atoms with Crippen LogP contribution >= 0.6 is 23.7 Å². The topological polar surface area (TPSA) is 110 Å². The maximum absolute atomic E-state index is 12.9. The second-order valence-corrected chi connectivity index (χ2v) is 7.62. The van der Waals surface area contributed by atoms with E-state index in [1.54, 1.807) is 4.90 Å². The molecule has 0 aromatic carbocycles. The van der Waals surface area contributed by atoms with Crippen LogP contribution in [0.3, 0.4) is 0 Å². The highest BCUT2D eigenvalue weighted by Gasteiger charge is 2.38. The summed E-state index contributed by atoms with van der Waals surface area (Å²) in [6.45, 7) is 2.53. The molecule has 0 saturated carbocycles. The predicted molar refractivity (Wildman–Crippen MR) is 101 cm³/mol. The number of hydrogen-bond acceptors (Lipinski definition) is 6. The monoisotopic (exact) mass is 402 g/mol. The Hall–Kier alpha value is -1.71. The van der Waals surface area contributed by atoms with Crippen LogP contribution in [0, 0.1) is 16.0 Å². The van der Waals surface area contributed by atoms with Crippen molar-refractivity contribution >= 4 is 40.6 Å². The molecule has 144 valence electrons. The van der Waals surface area contributed by atoms with E-state index in [0.717, 1.165) is 30.6 Å². The van der Waals surface area contributed by atoms with Crippen LogP contribution in [0.15, 0.2) is 12.1 Å². The standard InChI is InChI=1S/C16H22N4O4S.ClH/c17-10-11-5-8-18(9-6-11)15(21)12-2-1-7-19(12)16(22)13-3-4-14(25-13)20(23)24;/h3-4,11-12H,1-2,5-10,17H2;1H. The number of halogens is 1. The molecular formula is C16H23ClN4O4S. The first kappa shape index (κ1) is 20.6. The molecule has 8 nitrogen and oxygen atoms in total. The SMILES string of the molecule is Cl.NCC1CCN(C(=O)C2CCCN2C(=O)c2ccc([N+](=O)[O-])s2)CC1. The number of nitrogens with zero attached hydrogens (tertiary/aromatic N) is 3. The van der Waals surface area contributed by atoms with Crippen molar-refractivity contribution in [3.05, 3.63) is 27.1 Å². The summed E-state index contributed by atoms with van der Waals surface area (Å²) in [4.78, 5) is 39.6. The average molecular weight is 403 g/mol. The molecule has 0 spiro atoms. The summed E-state index contributed by atoms with van der Waals surface area (Å²) in [6.07, 6.45) is 3.23. The van der Waals surface area contributed by atoms with Gasteiger partial charge in [0.1, 0.15) is 6.04 Å². The first-order valence-electron chi connectivity index (χ1n) is 8.55. The van der Waals surface area contributed by atoms with Gasteiger partial charge in [-0.15, -0.1) is 12.4 Å². The highest BCUT2D eigenvalue weighted by molar-refractivity contribution is 7.17. The lowest BCUT2D eigenvalue weighted by molar-refractivity contribution is -0.380.